The van der Waals surface area contributed by atoms with E-state index in [1.54, 1.807) is 41.3 Å². The minimum Gasteiger partial charge on any atom is -0.271 e. The zero-order chi connectivity index (χ0) is 18.3. The van der Waals surface area contributed by atoms with Crippen LogP contribution in [0, 0.1) is 5.82 Å². The standard InChI is InChI=1S/C20H16ClFN2OS/c21-15-7-3-14(4-8-15)18(25)24-19(26)17(13-5-9-16(22)10-6-13)23-20(24)11-1-2-12-20/h3-10H,1-2,11-12H2. The minimum absolute atomic E-state index is 0.172. The van der Waals surface area contributed by atoms with Crippen LogP contribution in [0.15, 0.2) is 53.5 Å². The van der Waals surface area contributed by atoms with E-state index < -0.39 is 5.66 Å². The topological polar surface area (TPSA) is 32.7 Å². The van der Waals surface area contributed by atoms with Gasteiger partial charge >= 0.3 is 0 Å². The van der Waals surface area contributed by atoms with Gasteiger partial charge in [0, 0.05) is 16.1 Å². The lowest BCUT2D eigenvalue weighted by molar-refractivity contribution is 0.0724. The average Bonchev–Trinajstić information content (AvgIpc) is 3.21. The monoisotopic (exact) mass is 386 g/mol. The lowest BCUT2D eigenvalue weighted by atomic mass is 10.1. The highest BCUT2D eigenvalue weighted by Crippen LogP contribution is 2.42. The molecule has 0 N–H and O–H groups in total. The first kappa shape index (κ1) is 17.3. The molecule has 0 atom stereocenters. The first-order chi connectivity index (χ1) is 12.5. The Bertz CT molecular complexity index is 902. The molecule has 1 amide bonds. The van der Waals surface area contributed by atoms with Crippen molar-refractivity contribution < 1.29 is 9.18 Å². The van der Waals surface area contributed by atoms with E-state index in [0.717, 1.165) is 31.2 Å². The molecule has 2 aliphatic rings. The quantitative estimate of drug-likeness (QED) is 0.679. The predicted octanol–water partition coefficient (Wildman–Crippen LogP) is 5.02. The molecule has 6 heteroatoms. The van der Waals surface area contributed by atoms with Gasteiger partial charge in [-0.25, -0.2) is 4.39 Å². The number of benzene rings is 2. The summed E-state index contributed by atoms with van der Waals surface area (Å²) in [6.45, 7) is 0. The molecule has 26 heavy (non-hydrogen) atoms. The van der Waals surface area contributed by atoms with E-state index in [0.29, 0.717) is 21.3 Å². The van der Waals surface area contributed by atoms with Gasteiger partial charge in [0.1, 0.15) is 22.2 Å². The molecule has 1 spiro atoms. The van der Waals surface area contributed by atoms with Crippen LogP contribution in [-0.4, -0.2) is 27.2 Å². The van der Waals surface area contributed by atoms with E-state index in [9.17, 15) is 9.18 Å². The molecular formula is C20H16ClFN2OS. The molecular weight excluding hydrogens is 371 g/mol. The maximum Gasteiger partial charge on any atom is 0.260 e. The molecule has 1 aliphatic carbocycles. The van der Waals surface area contributed by atoms with Gasteiger partial charge in [0.15, 0.2) is 0 Å². The molecule has 3 nitrogen and oxygen atoms in total. The van der Waals surface area contributed by atoms with Crippen molar-refractivity contribution in [3.63, 3.8) is 0 Å². The van der Waals surface area contributed by atoms with Crippen LogP contribution in [0.4, 0.5) is 4.39 Å². The SMILES string of the molecule is O=C(c1ccc(Cl)cc1)N1C(=S)C(c2ccc(F)cc2)=NC12CCCC2. The molecule has 0 unspecified atom stereocenters. The van der Waals surface area contributed by atoms with Gasteiger partial charge in [0.05, 0.1) is 0 Å². The zero-order valence-electron chi connectivity index (χ0n) is 13.9. The van der Waals surface area contributed by atoms with Crippen LogP contribution in [0.2, 0.25) is 5.02 Å². The highest BCUT2D eigenvalue weighted by Gasteiger charge is 2.50. The van der Waals surface area contributed by atoms with E-state index in [1.165, 1.54) is 12.1 Å². The second-order valence-corrected chi connectivity index (χ2v) is 7.43. The molecule has 1 fully saturated rings. The van der Waals surface area contributed by atoms with Crippen LogP contribution in [0.3, 0.4) is 0 Å². The summed E-state index contributed by atoms with van der Waals surface area (Å²) in [5.74, 6) is -0.489. The lowest BCUT2D eigenvalue weighted by Gasteiger charge is -2.32. The molecule has 4 rings (SSSR count). The number of carbonyl (C=O) groups is 1. The van der Waals surface area contributed by atoms with E-state index in [-0.39, 0.29) is 11.7 Å². The molecule has 0 bridgehead atoms. The summed E-state index contributed by atoms with van der Waals surface area (Å²) in [7, 11) is 0. The Morgan fingerprint density at radius 2 is 1.69 bits per heavy atom. The molecule has 0 aromatic heterocycles. The molecule has 1 heterocycles. The summed E-state index contributed by atoms with van der Waals surface area (Å²) in [6.07, 6.45) is 3.54. The fourth-order valence-electron chi connectivity index (χ4n) is 3.68. The largest absolute Gasteiger partial charge is 0.271 e. The smallest absolute Gasteiger partial charge is 0.260 e. The number of rotatable bonds is 2. The van der Waals surface area contributed by atoms with Crippen molar-refractivity contribution in [2.24, 2.45) is 4.99 Å². The van der Waals surface area contributed by atoms with Gasteiger partial charge < -0.3 is 0 Å². The summed E-state index contributed by atoms with van der Waals surface area (Å²) < 4.78 is 13.3. The number of thiocarbonyl (C=S) groups is 1. The summed E-state index contributed by atoms with van der Waals surface area (Å²) in [6, 6.07) is 12.8. The van der Waals surface area contributed by atoms with Crippen LogP contribution in [-0.2, 0) is 0 Å². The van der Waals surface area contributed by atoms with E-state index >= 15 is 0 Å². The number of hydrogen-bond donors (Lipinski definition) is 0. The van der Waals surface area contributed by atoms with E-state index in [4.69, 9.17) is 28.8 Å². The Balaban J connectivity index is 1.75. The van der Waals surface area contributed by atoms with Crippen LogP contribution in [0.5, 0.6) is 0 Å². The second-order valence-electron chi connectivity index (χ2n) is 6.61. The van der Waals surface area contributed by atoms with Gasteiger partial charge in [-0.1, -0.05) is 23.8 Å². The molecule has 132 valence electrons. The normalized spacial score (nSPS) is 18.5. The number of halogens is 2. The average molecular weight is 387 g/mol. The van der Waals surface area contributed by atoms with Crippen molar-refractivity contribution in [3.05, 3.63) is 70.5 Å². The number of aliphatic imine (C=N–C) groups is 1. The van der Waals surface area contributed by atoms with E-state index in [2.05, 4.69) is 0 Å². The molecule has 0 saturated heterocycles. The first-order valence-corrected chi connectivity index (χ1v) is 9.29. The molecule has 1 saturated carbocycles. The fourth-order valence-corrected chi connectivity index (χ4v) is 4.22. The fraction of sp³-hybridized carbons (Fsp3) is 0.250. The van der Waals surface area contributed by atoms with E-state index in [1.807, 2.05) is 0 Å². The van der Waals surface area contributed by atoms with Gasteiger partial charge in [0.2, 0.25) is 0 Å². The highest BCUT2D eigenvalue weighted by atomic mass is 35.5. The first-order valence-electron chi connectivity index (χ1n) is 8.50. The Labute approximate surface area is 161 Å². The third-order valence-corrected chi connectivity index (χ3v) is 5.59. The summed E-state index contributed by atoms with van der Waals surface area (Å²) in [5, 5.41) is 0.573. The summed E-state index contributed by atoms with van der Waals surface area (Å²) in [5.41, 5.74) is 1.22. The maximum atomic E-state index is 13.3. The Morgan fingerprint density at radius 3 is 2.31 bits per heavy atom. The molecule has 1 aliphatic heterocycles. The van der Waals surface area contributed by atoms with Crippen molar-refractivity contribution >= 4 is 40.4 Å². The second kappa shape index (κ2) is 6.56. The number of hydrogen-bond acceptors (Lipinski definition) is 3. The van der Waals surface area contributed by atoms with Gasteiger partial charge in [-0.05, 0) is 74.2 Å². The van der Waals surface area contributed by atoms with Crippen molar-refractivity contribution in [3.8, 4) is 0 Å². The Hall–Kier alpha value is -2.11. The van der Waals surface area contributed by atoms with Crippen molar-refractivity contribution in [2.45, 2.75) is 31.3 Å². The van der Waals surface area contributed by atoms with Gasteiger partial charge in [-0.2, -0.15) is 0 Å². The third-order valence-electron chi connectivity index (χ3n) is 4.96. The molecule has 0 radical (unpaired) electrons. The predicted molar refractivity (Wildman–Crippen MR) is 104 cm³/mol. The van der Waals surface area contributed by atoms with Gasteiger partial charge in [-0.3, -0.25) is 14.7 Å². The minimum atomic E-state index is -0.627. The van der Waals surface area contributed by atoms with Gasteiger partial charge in [0.25, 0.3) is 5.91 Å². The van der Waals surface area contributed by atoms with Gasteiger partial charge in [-0.15, -0.1) is 0 Å². The van der Waals surface area contributed by atoms with Crippen molar-refractivity contribution in [1.82, 2.24) is 4.90 Å². The molecule has 2 aromatic rings. The van der Waals surface area contributed by atoms with Crippen LogP contribution in [0.1, 0.15) is 41.6 Å². The third kappa shape index (κ3) is 2.85. The summed E-state index contributed by atoms with van der Waals surface area (Å²) in [4.78, 5) is 20.2. The summed E-state index contributed by atoms with van der Waals surface area (Å²) >= 11 is 11.6. The zero-order valence-corrected chi connectivity index (χ0v) is 15.5. The van der Waals surface area contributed by atoms with Crippen LogP contribution in [0.25, 0.3) is 0 Å². The Morgan fingerprint density at radius 1 is 1.08 bits per heavy atom. The van der Waals surface area contributed by atoms with Crippen LogP contribution < -0.4 is 0 Å². The van der Waals surface area contributed by atoms with Crippen LogP contribution >= 0.6 is 23.8 Å². The number of carbonyl (C=O) groups excluding carboxylic acids is 1. The van der Waals surface area contributed by atoms with Crippen molar-refractivity contribution in [2.75, 3.05) is 0 Å². The molecule has 2 aromatic carbocycles. The number of amides is 1. The lowest BCUT2D eigenvalue weighted by Crippen LogP contribution is -2.48. The highest BCUT2D eigenvalue weighted by molar-refractivity contribution is 7.82. The maximum absolute atomic E-state index is 13.3. The number of nitrogens with zero attached hydrogens (tertiary/aromatic N) is 2. The Kier molecular flexibility index (Phi) is 4.37. The van der Waals surface area contributed by atoms with Crippen molar-refractivity contribution in [1.29, 1.82) is 0 Å².